The zero-order valence-corrected chi connectivity index (χ0v) is 19.3. The van der Waals surface area contributed by atoms with E-state index in [1.807, 2.05) is 0 Å². The molecule has 0 N–H and O–H groups in total. The molecule has 1 aliphatic heterocycles. The van der Waals surface area contributed by atoms with Crippen LogP contribution >= 0.6 is 0 Å². The van der Waals surface area contributed by atoms with Crippen LogP contribution in [0.15, 0.2) is 48.5 Å². The van der Waals surface area contributed by atoms with Crippen molar-refractivity contribution in [3.63, 3.8) is 0 Å². The number of ether oxygens (including phenoxy) is 2. The molecule has 162 valence electrons. The molecule has 2 aromatic rings. The molecule has 0 bridgehead atoms. The maximum atomic E-state index is 5.60. The zero-order chi connectivity index (χ0) is 20.5. The monoisotopic (exact) mass is 427 g/mol. The molecule has 0 spiro atoms. The van der Waals surface area contributed by atoms with E-state index in [0.29, 0.717) is 0 Å². The molecule has 0 aliphatic carbocycles. The predicted molar refractivity (Wildman–Crippen MR) is 122 cm³/mol. The van der Waals surface area contributed by atoms with Crippen LogP contribution in [0.25, 0.3) is 6.08 Å². The van der Waals surface area contributed by atoms with E-state index in [0.717, 1.165) is 37.4 Å². The highest BCUT2D eigenvalue weighted by Crippen LogP contribution is 2.33. The van der Waals surface area contributed by atoms with E-state index in [4.69, 9.17) is 9.47 Å². The quantitative estimate of drug-likeness (QED) is 0.429. The molecule has 0 aromatic heterocycles. The Balaban J connectivity index is 0.00000320. The summed E-state index contributed by atoms with van der Waals surface area (Å²) >= 11 is 0. The molecular formula is C26H34ClNO2. The molecule has 0 atom stereocenters. The lowest BCUT2D eigenvalue weighted by atomic mass is 9.92. The summed E-state index contributed by atoms with van der Waals surface area (Å²) in [5, 5.41) is 0. The average molecular weight is 428 g/mol. The van der Waals surface area contributed by atoms with Crippen LogP contribution in [0.4, 0.5) is 0 Å². The molecule has 1 aliphatic rings. The largest absolute Gasteiger partial charge is 1.00 e. The van der Waals surface area contributed by atoms with E-state index in [1.165, 1.54) is 48.1 Å². The van der Waals surface area contributed by atoms with Gasteiger partial charge in [-0.05, 0) is 35.8 Å². The van der Waals surface area contributed by atoms with Crippen molar-refractivity contribution in [1.82, 2.24) is 0 Å². The first-order valence-corrected chi connectivity index (χ1v) is 10.8. The molecule has 0 radical (unpaired) electrons. The number of nitrogens with zero attached hydrogens (tertiary/aromatic N) is 1. The predicted octanol–water partition coefficient (Wildman–Crippen LogP) is 2.75. The fraction of sp³-hybridized carbons (Fsp3) is 0.423. The van der Waals surface area contributed by atoms with Crippen molar-refractivity contribution in [3.05, 3.63) is 65.2 Å². The van der Waals surface area contributed by atoms with Crippen LogP contribution in [0.3, 0.4) is 0 Å². The van der Waals surface area contributed by atoms with E-state index < -0.39 is 0 Å². The molecule has 4 heteroatoms. The number of rotatable bonds is 10. The third kappa shape index (κ3) is 6.12. The first-order chi connectivity index (χ1) is 14.3. The van der Waals surface area contributed by atoms with Gasteiger partial charge in [-0.1, -0.05) is 62.6 Å². The molecule has 0 saturated heterocycles. The minimum absolute atomic E-state index is 0. The maximum Gasteiger partial charge on any atom is 0.183 e. The van der Waals surface area contributed by atoms with Crippen LogP contribution in [-0.2, 0) is 6.42 Å². The molecular weight excluding hydrogens is 394 g/mol. The summed E-state index contributed by atoms with van der Waals surface area (Å²) in [5.41, 5.74) is 5.40. The van der Waals surface area contributed by atoms with Gasteiger partial charge in [-0.2, -0.15) is 0 Å². The number of hydrogen-bond donors (Lipinski definition) is 0. The summed E-state index contributed by atoms with van der Waals surface area (Å²) in [7, 11) is 3.43. The van der Waals surface area contributed by atoms with E-state index in [2.05, 4.69) is 66.1 Å². The summed E-state index contributed by atoms with van der Waals surface area (Å²) in [6.07, 6.45) is 11.7. The lowest BCUT2D eigenvalue weighted by Crippen LogP contribution is -3.00. The molecule has 1 heterocycles. The zero-order valence-electron chi connectivity index (χ0n) is 18.5. The minimum Gasteiger partial charge on any atom is -1.00 e. The van der Waals surface area contributed by atoms with Gasteiger partial charge in [-0.15, -0.1) is 0 Å². The van der Waals surface area contributed by atoms with Gasteiger partial charge in [0.2, 0.25) is 0 Å². The summed E-state index contributed by atoms with van der Waals surface area (Å²) in [6.45, 7) is 4.25. The van der Waals surface area contributed by atoms with Gasteiger partial charge >= 0.3 is 0 Å². The lowest BCUT2D eigenvalue weighted by molar-refractivity contribution is -0.519. The number of hydrogen-bond acceptors (Lipinski definition) is 2. The standard InChI is InChI=1S/C26H34NO2.ClH/c1-4-5-6-10-15-24-23-20-26(29-3)25(28-2)19-22(23)16-18-27(24)17-11-14-21-12-8-7-9-13-21;/h7-9,11-14,19-20H,4-6,10,15-18H2,1-3H3;1H/q+1;/p-1. The van der Waals surface area contributed by atoms with Gasteiger partial charge in [0.1, 0.15) is 6.54 Å². The first-order valence-electron chi connectivity index (χ1n) is 10.8. The molecule has 2 aromatic carbocycles. The maximum absolute atomic E-state index is 5.60. The Labute approximate surface area is 187 Å². The fourth-order valence-corrected chi connectivity index (χ4v) is 4.05. The summed E-state index contributed by atoms with van der Waals surface area (Å²) in [5.74, 6) is 1.65. The SMILES string of the molecule is CCCCCCC1=[N+](CC=Cc2ccccc2)CCc2cc(OC)c(OC)cc21.[Cl-]. The van der Waals surface area contributed by atoms with Crippen molar-refractivity contribution in [2.24, 2.45) is 0 Å². The van der Waals surface area contributed by atoms with Gasteiger partial charge in [0.15, 0.2) is 23.8 Å². The Morgan fingerprint density at radius 3 is 2.40 bits per heavy atom. The number of halogens is 1. The van der Waals surface area contributed by atoms with Crippen molar-refractivity contribution in [1.29, 1.82) is 0 Å². The van der Waals surface area contributed by atoms with Crippen LogP contribution in [0.5, 0.6) is 11.5 Å². The number of methoxy groups -OCH3 is 2. The van der Waals surface area contributed by atoms with Crippen molar-refractivity contribution in [2.45, 2.75) is 45.4 Å². The van der Waals surface area contributed by atoms with Crippen LogP contribution in [0.1, 0.15) is 55.7 Å². The minimum atomic E-state index is 0. The lowest BCUT2D eigenvalue weighted by Gasteiger charge is -2.20. The molecule has 0 saturated carbocycles. The average Bonchev–Trinajstić information content (AvgIpc) is 2.77. The number of unbranched alkanes of at least 4 members (excludes halogenated alkanes) is 3. The summed E-state index contributed by atoms with van der Waals surface area (Å²) in [6, 6.07) is 14.9. The highest BCUT2D eigenvalue weighted by Gasteiger charge is 2.26. The number of fused-ring (bicyclic) bond motifs is 1. The number of benzene rings is 2. The topological polar surface area (TPSA) is 21.5 Å². The smallest absolute Gasteiger partial charge is 0.183 e. The molecule has 0 amide bonds. The molecule has 0 unspecified atom stereocenters. The summed E-state index contributed by atoms with van der Waals surface area (Å²) in [4.78, 5) is 0. The van der Waals surface area contributed by atoms with Crippen LogP contribution in [0, 0.1) is 0 Å². The molecule has 3 rings (SSSR count). The Morgan fingerprint density at radius 1 is 0.967 bits per heavy atom. The van der Waals surface area contributed by atoms with Crippen molar-refractivity contribution < 1.29 is 26.5 Å². The van der Waals surface area contributed by atoms with Gasteiger partial charge in [-0.3, -0.25) is 0 Å². The molecule has 0 fully saturated rings. The van der Waals surface area contributed by atoms with E-state index >= 15 is 0 Å². The van der Waals surface area contributed by atoms with Gasteiger partial charge in [0, 0.05) is 18.4 Å². The van der Waals surface area contributed by atoms with Gasteiger partial charge in [0.25, 0.3) is 0 Å². The Hall–Kier alpha value is -2.26. The first kappa shape index (κ1) is 24.0. The normalized spacial score (nSPS) is 13.2. The van der Waals surface area contributed by atoms with Gasteiger partial charge in [-0.25, -0.2) is 4.58 Å². The second-order valence-electron chi connectivity index (χ2n) is 7.63. The highest BCUT2D eigenvalue weighted by molar-refractivity contribution is 5.99. The second kappa shape index (κ2) is 12.4. The van der Waals surface area contributed by atoms with Crippen LogP contribution < -0.4 is 21.9 Å². The fourth-order valence-electron chi connectivity index (χ4n) is 4.05. The van der Waals surface area contributed by atoms with Gasteiger partial charge in [0.05, 0.1) is 14.2 Å². The Morgan fingerprint density at radius 2 is 1.70 bits per heavy atom. The molecule has 3 nitrogen and oxygen atoms in total. The Kier molecular flexibility index (Phi) is 9.96. The van der Waals surface area contributed by atoms with Crippen molar-refractivity contribution in [3.8, 4) is 11.5 Å². The third-order valence-electron chi connectivity index (χ3n) is 5.66. The molecule has 30 heavy (non-hydrogen) atoms. The van der Waals surface area contributed by atoms with Crippen molar-refractivity contribution >= 4 is 11.8 Å². The van der Waals surface area contributed by atoms with Gasteiger partial charge < -0.3 is 21.9 Å². The van der Waals surface area contributed by atoms with Crippen LogP contribution in [-0.4, -0.2) is 37.6 Å². The summed E-state index contributed by atoms with van der Waals surface area (Å²) < 4.78 is 13.7. The van der Waals surface area contributed by atoms with Crippen LogP contribution in [0.2, 0.25) is 0 Å². The van der Waals surface area contributed by atoms with E-state index in [-0.39, 0.29) is 12.4 Å². The van der Waals surface area contributed by atoms with E-state index in [9.17, 15) is 0 Å². The third-order valence-corrected chi connectivity index (χ3v) is 5.66. The van der Waals surface area contributed by atoms with E-state index in [1.54, 1.807) is 14.2 Å². The second-order valence-corrected chi connectivity index (χ2v) is 7.63. The van der Waals surface area contributed by atoms with Crippen molar-refractivity contribution in [2.75, 3.05) is 27.3 Å². The highest BCUT2D eigenvalue weighted by atomic mass is 35.5. The Bertz CT molecular complexity index is 859.